The van der Waals surface area contributed by atoms with Crippen molar-refractivity contribution in [1.82, 2.24) is 0 Å². The fourth-order valence-electron chi connectivity index (χ4n) is 1.09. The number of methoxy groups -OCH3 is 1. The molecular formula is C12H28O2. The van der Waals surface area contributed by atoms with Gasteiger partial charge in [0.15, 0.2) is 0 Å². The van der Waals surface area contributed by atoms with Crippen molar-refractivity contribution in [3.05, 3.63) is 0 Å². The number of aliphatic hydroxyl groups excluding tert-OH is 1. The first-order chi connectivity index (χ1) is 6.68. The maximum atomic E-state index is 8.43. The molecule has 0 amide bonds. The molecule has 0 aliphatic carbocycles. The molecule has 2 heteroatoms. The molecule has 1 N–H and O–H groups in total. The Balaban J connectivity index is 0. The van der Waals surface area contributed by atoms with Crippen molar-refractivity contribution >= 4 is 0 Å². The maximum Gasteiger partial charge on any atom is 0.0745 e. The topological polar surface area (TPSA) is 29.5 Å². The van der Waals surface area contributed by atoms with E-state index in [0.29, 0.717) is 6.61 Å². The minimum absolute atomic E-state index is 0.324. The second kappa shape index (κ2) is 15.4. The van der Waals surface area contributed by atoms with Crippen LogP contribution in [0, 0.1) is 0 Å². The van der Waals surface area contributed by atoms with Crippen LogP contribution in [-0.4, -0.2) is 24.9 Å². The Hall–Kier alpha value is -0.0800. The molecule has 0 aromatic heterocycles. The Morgan fingerprint density at radius 3 is 1.57 bits per heavy atom. The lowest BCUT2D eigenvalue weighted by Crippen LogP contribution is -2.07. The van der Waals surface area contributed by atoms with Crippen molar-refractivity contribution in [2.45, 2.75) is 65.4 Å². The highest BCUT2D eigenvalue weighted by Crippen LogP contribution is 2.03. The monoisotopic (exact) mass is 204 g/mol. The quantitative estimate of drug-likeness (QED) is 0.644. The van der Waals surface area contributed by atoms with Crippen LogP contribution in [0.1, 0.15) is 59.3 Å². The van der Waals surface area contributed by atoms with E-state index in [2.05, 4.69) is 18.6 Å². The fourth-order valence-corrected chi connectivity index (χ4v) is 1.09. The molecule has 2 nitrogen and oxygen atoms in total. The first-order valence-electron chi connectivity index (χ1n) is 5.85. The third kappa shape index (κ3) is 22.7. The average molecular weight is 204 g/mol. The molecule has 14 heavy (non-hydrogen) atoms. The van der Waals surface area contributed by atoms with Crippen LogP contribution >= 0.6 is 0 Å². The largest absolute Gasteiger partial charge is 0.391 e. The molecular weight excluding hydrogens is 176 g/mol. The molecule has 0 aromatic rings. The van der Waals surface area contributed by atoms with Crippen molar-refractivity contribution in [2.75, 3.05) is 13.7 Å². The lowest BCUT2D eigenvalue weighted by molar-refractivity contribution is 0.0765. The van der Waals surface area contributed by atoms with Gasteiger partial charge in [-0.25, -0.2) is 0 Å². The highest BCUT2D eigenvalue weighted by atomic mass is 16.5. The van der Waals surface area contributed by atoms with Crippen LogP contribution < -0.4 is 0 Å². The van der Waals surface area contributed by atoms with Crippen LogP contribution in [0.15, 0.2) is 0 Å². The van der Waals surface area contributed by atoms with Gasteiger partial charge in [0.25, 0.3) is 0 Å². The summed E-state index contributed by atoms with van der Waals surface area (Å²) in [6.45, 7) is 6.63. The van der Waals surface area contributed by atoms with Crippen molar-refractivity contribution in [1.29, 1.82) is 0 Å². The zero-order chi connectivity index (χ0) is 11.2. The van der Waals surface area contributed by atoms with Crippen molar-refractivity contribution in [2.24, 2.45) is 0 Å². The molecule has 1 unspecified atom stereocenters. The van der Waals surface area contributed by atoms with E-state index < -0.39 is 0 Å². The van der Waals surface area contributed by atoms with Gasteiger partial charge in [0, 0.05) is 7.11 Å². The zero-order valence-electron chi connectivity index (χ0n) is 10.4. The fraction of sp³-hybridized carbons (Fsp3) is 1.00. The smallest absolute Gasteiger partial charge is 0.0745 e. The van der Waals surface area contributed by atoms with Crippen LogP contribution in [0.3, 0.4) is 0 Å². The number of ether oxygens (including phenoxy) is 1. The molecule has 0 aromatic carbocycles. The Labute approximate surface area is 89.7 Å². The summed E-state index contributed by atoms with van der Waals surface area (Å²) in [5.41, 5.74) is 0. The third-order valence-corrected chi connectivity index (χ3v) is 1.86. The molecule has 0 rings (SSSR count). The molecule has 0 radical (unpaired) electrons. The molecule has 0 heterocycles. The molecule has 88 valence electrons. The van der Waals surface area contributed by atoms with E-state index in [9.17, 15) is 0 Å². The molecule has 0 saturated heterocycles. The van der Waals surface area contributed by atoms with Crippen molar-refractivity contribution < 1.29 is 9.84 Å². The first kappa shape index (κ1) is 16.4. The standard InChI is InChI=1S/C8H18.C4H10O2/c1-3-5-7-8-6-4-2;1-4(5)3-6-2/h3-8H2,1-2H3;4-5H,3H2,1-2H3. The summed E-state index contributed by atoms with van der Waals surface area (Å²) in [5, 5.41) is 8.43. The van der Waals surface area contributed by atoms with Crippen molar-refractivity contribution in [3.8, 4) is 0 Å². The predicted octanol–water partition coefficient (Wildman–Crippen LogP) is 3.38. The van der Waals surface area contributed by atoms with Gasteiger partial charge in [-0.2, -0.15) is 0 Å². The van der Waals surface area contributed by atoms with Gasteiger partial charge >= 0.3 is 0 Å². The number of aliphatic hydroxyl groups is 1. The Bertz CT molecular complexity index is 76.4. The molecule has 1 atom stereocenters. The number of unbranched alkanes of at least 4 members (excludes halogenated alkanes) is 5. The lowest BCUT2D eigenvalue weighted by Gasteiger charge is -1.97. The van der Waals surface area contributed by atoms with E-state index in [4.69, 9.17) is 5.11 Å². The van der Waals surface area contributed by atoms with E-state index in [0.717, 1.165) is 0 Å². The molecule has 0 bridgehead atoms. The summed E-state index contributed by atoms with van der Waals surface area (Å²) in [6, 6.07) is 0. The number of hydrogen-bond donors (Lipinski definition) is 1. The summed E-state index contributed by atoms with van der Waals surface area (Å²) in [6.07, 6.45) is 8.16. The number of hydrogen-bond acceptors (Lipinski definition) is 2. The second-order valence-corrected chi connectivity index (χ2v) is 3.72. The van der Waals surface area contributed by atoms with Gasteiger partial charge in [0.05, 0.1) is 12.7 Å². The average Bonchev–Trinajstić information content (AvgIpc) is 2.13. The van der Waals surface area contributed by atoms with E-state index in [-0.39, 0.29) is 6.10 Å². The molecule has 0 spiro atoms. The zero-order valence-corrected chi connectivity index (χ0v) is 10.4. The van der Waals surface area contributed by atoms with Crippen LogP contribution in [0.5, 0.6) is 0 Å². The van der Waals surface area contributed by atoms with Crippen LogP contribution in [-0.2, 0) is 4.74 Å². The summed E-state index contributed by atoms with van der Waals surface area (Å²) in [7, 11) is 1.56. The Morgan fingerprint density at radius 1 is 1.00 bits per heavy atom. The van der Waals surface area contributed by atoms with E-state index in [1.54, 1.807) is 14.0 Å². The van der Waals surface area contributed by atoms with Gasteiger partial charge in [-0.1, -0.05) is 52.4 Å². The normalized spacial score (nSPS) is 11.8. The van der Waals surface area contributed by atoms with E-state index >= 15 is 0 Å². The van der Waals surface area contributed by atoms with Crippen molar-refractivity contribution in [3.63, 3.8) is 0 Å². The Morgan fingerprint density at radius 2 is 1.43 bits per heavy atom. The Kier molecular flexibility index (Phi) is 18.0. The SMILES string of the molecule is CCCCCCCC.COCC(C)O. The lowest BCUT2D eigenvalue weighted by atomic mass is 10.1. The summed E-state index contributed by atoms with van der Waals surface area (Å²) in [4.78, 5) is 0. The second-order valence-electron chi connectivity index (χ2n) is 3.72. The van der Waals surface area contributed by atoms with Crippen LogP contribution in [0.2, 0.25) is 0 Å². The van der Waals surface area contributed by atoms with Gasteiger partial charge in [0.2, 0.25) is 0 Å². The number of rotatable bonds is 7. The molecule has 0 aliphatic rings. The summed E-state index contributed by atoms with van der Waals surface area (Å²) < 4.78 is 4.55. The van der Waals surface area contributed by atoms with Crippen LogP contribution in [0.4, 0.5) is 0 Å². The maximum absolute atomic E-state index is 8.43. The summed E-state index contributed by atoms with van der Waals surface area (Å²) in [5.74, 6) is 0. The van der Waals surface area contributed by atoms with Gasteiger partial charge in [-0.05, 0) is 6.92 Å². The van der Waals surface area contributed by atoms with E-state index in [1.807, 2.05) is 0 Å². The minimum Gasteiger partial charge on any atom is -0.391 e. The first-order valence-corrected chi connectivity index (χ1v) is 5.85. The molecule has 0 aliphatic heterocycles. The van der Waals surface area contributed by atoms with Gasteiger partial charge in [-0.3, -0.25) is 0 Å². The predicted molar refractivity (Wildman–Crippen MR) is 62.6 cm³/mol. The molecule has 0 saturated carbocycles. The van der Waals surface area contributed by atoms with Gasteiger partial charge < -0.3 is 9.84 Å². The third-order valence-electron chi connectivity index (χ3n) is 1.86. The van der Waals surface area contributed by atoms with Gasteiger partial charge in [0.1, 0.15) is 0 Å². The molecule has 0 fully saturated rings. The highest BCUT2D eigenvalue weighted by Gasteiger charge is 1.87. The van der Waals surface area contributed by atoms with Crippen LogP contribution in [0.25, 0.3) is 0 Å². The summed E-state index contributed by atoms with van der Waals surface area (Å²) >= 11 is 0. The van der Waals surface area contributed by atoms with Gasteiger partial charge in [-0.15, -0.1) is 0 Å². The minimum atomic E-state index is -0.324. The van der Waals surface area contributed by atoms with E-state index in [1.165, 1.54) is 38.5 Å². The highest BCUT2D eigenvalue weighted by molar-refractivity contribution is 4.39.